The van der Waals surface area contributed by atoms with Gasteiger partial charge in [-0.2, -0.15) is 0 Å². The lowest BCUT2D eigenvalue weighted by molar-refractivity contribution is -0.116. The molecule has 14 heavy (non-hydrogen) atoms. The number of carbonyl (C=O) groups is 1. The molecule has 1 fully saturated rings. The van der Waals surface area contributed by atoms with Gasteiger partial charge in [0.1, 0.15) is 6.29 Å². The summed E-state index contributed by atoms with van der Waals surface area (Å²) in [6.45, 7) is 8.48. The fraction of sp³-hybridized carbons (Fsp3) is 0.917. The Morgan fingerprint density at radius 2 is 2.07 bits per heavy atom. The third-order valence-electron chi connectivity index (χ3n) is 3.23. The molecule has 1 aliphatic rings. The molecule has 1 rings (SSSR count). The fourth-order valence-electron chi connectivity index (χ4n) is 1.81. The molecule has 2 nitrogen and oxygen atoms in total. The van der Waals surface area contributed by atoms with Crippen molar-refractivity contribution in [2.75, 3.05) is 13.1 Å². The Kier molecular flexibility index (Phi) is 4.11. The van der Waals surface area contributed by atoms with E-state index >= 15 is 0 Å². The van der Waals surface area contributed by atoms with Crippen molar-refractivity contribution in [1.82, 2.24) is 4.90 Å². The minimum absolute atomic E-state index is 0.127. The van der Waals surface area contributed by atoms with Crippen molar-refractivity contribution in [1.29, 1.82) is 0 Å². The average Bonchev–Trinajstić information content (AvgIpc) is 3.00. The first-order valence-corrected chi connectivity index (χ1v) is 5.85. The third-order valence-corrected chi connectivity index (χ3v) is 3.23. The van der Waals surface area contributed by atoms with Gasteiger partial charge in [-0.3, -0.25) is 4.90 Å². The van der Waals surface area contributed by atoms with Gasteiger partial charge in [0.25, 0.3) is 0 Å². The highest BCUT2D eigenvalue weighted by atomic mass is 16.1. The van der Waals surface area contributed by atoms with Crippen LogP contribution in [-0.4, -0.2) is 30.3 Å². The Balaban J connectivity index is 2.47. The normalized spacial score (nSPS) is 20.9. The molecule has 0 spiro atoms. The predicted molar refractivity (Wildman–Crippen MR) is 59.3 cm³/mol. The van der Waals surface area contributed by atoms with E-state index in [1.165, 1.54) is 19.3 Å². The van der Waals surface area contributed by atoms with Gasteiger partial charge in [-0.1, -0.05) is 20.8 Å². The quantitative estimate of drug-likeness (QED) is 0.584. The van der Waals surface area contributed by atoms with E-state index in [0.717, 1.165) is 31.8 Å². The van der Waals surface area contributed by atoms with Gasteiger partial charge in [-0.15, -0.1) is 0 Å². The number of hydrogen-bond donors (Lipinski definition) is 0. The zero-order valence-electron chi connectivity index (χ0n) is 9.75. The van der Waals surface area contributed by atoms with E-state index in [0.29, 0.717) is 0 Å². The summed E-state index contributed by atoms with van der Waals surface area (Å²) in [5.41, 5.74) is -0.127. The molecule has 0 aromatic carbocycles. The van der Waals surface area contributed by atoms with Gasteiger partial charge >= 0.3 is 0 Å². The van der Waals surface area contributed by atoms with Crippen LogP contribution in [0.1, 0.15) is 46.5 Å². The van der Waals surface area contributed by atoms with Gasteiger partial charge in [0.2, 0.25) is 0 Å². The van der Waals surface area contributed by atoms with Gasteiger partial charge in [0.05, 0.1) is 0 Å². The number of nitrogens with zero attached hydrogens (tertiary/aromatic N) is 1. The molecule has 0 heterocycles. The second kappa shape index (κ2) is 4.92. The van der Waals surface area contributed by atoms with E-state index in [-0.39, 0.29) is 5.41 Å². The van der Waals surface area contributed by atoms with Crippen molar-refractivity contribution >= 4 is 6.29 Å². The Morgan fingerprint density at radius 3 is 2.43 bits per heavy atom. The molecule has 0 aromatic heterocycles. The first-order chi connectivity index (χ1) is 6.65. The predicted octanol–water partition coefficient (Wildman–Crippen LogP) is 2.48. The first kappa shape index (κ1) is 11.7. The molecule has 0 N–H and O–H groups in total. The number of rotatable bonds is 7. The summed E-state index contributed by atoms with van der Waals surface area (Å²) < 4.78 is 0. The van der Waals surface area contributed by atoms with Crippen molar-refractivity contribution in [3.63, 3.8) is 0 Å². The molecule has 1 unspecified atom stereocenters. The van der Waals surface area contributed by atoms with Gasteiger partial charge in [-0.05, 0) is 32.2 Å². The van der Waals surface area contributed by atoms with Crippen molar-refractivity contribution in [2.24, 2.45) is 5.41 Å². The molecular weight excluding hydrogens is 174 g/mol. The van der Waals surface area contributed by atoms with E-state index in [1.807, 2.05) is 0 Å². The van der Waals surface area contributed by atoms with Crippen LogP contribution in [-0.2, 0) is 4.79 Å². The summed E-state index contributed by atoms with van der Waals surface area (Å²) in [5.74, 6) is 0. The zero-order chi connectivity index (χ0) is 10.6. The van der Waals surface area contributed by atoms with Crippen LogP contribution in [0.25, 0.3) is 0 Å². The van der Waals surface area contributed by atoms with Crippen LogP contribution in [0, 0.1) is 5.41 Å². The van der Waals surface area contributed by atoms with Crippen LogP contribution < -0.4 is 0 Å². The Morgan fingerprint density at radius 1 is 1.43 bits per heavy atom. The van der Waals surface area contributed by atoms with Crippen LogP contribution in [0.5, 0.6) is 0 Å². The van der Waals surface area contributed by atoms with Crippen molar-refractivity contribution in [3.8, 4) is 0 Å². The molecule has 2 heteroatoms. The highest BCUT2D eigenvalue weighted by molar-refractivity contribution is 5.58. The summed E-state index contributed by atoms with van der Waals surface area (Å²) in [6, 6.07) is 0.778. The van der Waals surface area contributed by atoms with Gasteiger partial charge in [0.15, 0.2) is 0 Å². The Labute approximate surface area is 87.7 Å². The Hall–Kier alpha value is -0.370. The molecule has 82 valence electrons. The molecule has 0 saturated heterocycles. The number of aldehydes is 1. The van der Waals surface area contributed by atoms with Crippen molar-refractivity contribution in [2.45, 2.75) is 52.5 Å². The van der Waals surface area contributed by atoms with Gasteiger partial charge in [0, 0.05) is 18.0 Å². The molecule has 0 bridgehead atoms. The SMILES string of the molecule is CCCN(CC(C)(C=O)CC)C1CC1. The minimum atomic E-state index is -0.127. The first-order valence-electron chi connectivity index (χ1n) is 5.85. The molecule has 1 aliphatic carbocycles. The average molecular weight is 197 g/mol. The fourth-order valence-corrected chi connectivity index (χ4v) is 1.81. The second-order valence-electron chi connectivity index (χ2n) is 4.83. The van der Waals surface area contributed by atoms with Crippen LogP contribution in [0.2, 0.25) is 0 Å². The van der Waals surface area contributed by atoms with Crippen LogP contribution in [0.15, 0.2) is 0 Å². The highest BCUT2D eigenvalue weighted by Crippen LogP contribution is 2.30. The third kappa shape index (κ3) is 3.09. The van der Waals surface area contributed by atoms with E-state index < -0.39 is 0 Å². The number of hydrogen-bond acceptors (Lipinski definition) is 2. The molecule has 0 radical (unpaired) electrons. The summed E-state index contributed by atoms with van der Waals surface area (Å²) in [5, 5.41) is 0. The molecule has 0 aromatic rings. The lowest BCUT2D eigenvalue weighted by Crippen LogP contribution is -2.38. The maximum atomic E-state index is 11.0. The smallest absolute Gasteiger partial charge is 0.127 e. The van der Waals surface area contributed by atoms with E-state index in [4.69, 9.17) is 0 Å². The molecular formula is C12H23NO. The second-order valence-corrected chi connectivity index (χ2v) is 4.83. The largest absolute Gasteiger partial charge is 0.303 e. The lowest BCUT2D eigenvalue weighted by Gasteiger charge is -2.30. The number of carbonyl (C=O) groups excluding carboxylic acids is 1. The van der Waals surface area contributed by atoms with Crippen LogP contribution in [0.4, 0.5) is 0 Å². The standard InChI is InChI=1S/C12H23NO/c1-4-8-13(11-6-7-11)9-12(3,5-2)10-14/h10-11H,4-9H2,1-3H3. The van der Waals surface area contributed by atoms with Gasteiger partial charge in [-0.25, -0.2) is 0 Å². The van der Waals surface area contributed by atoms with Crippen molar-refractivity contribution in [3.05, 3.63) is 0 Å². The molecule has 0 amide bonds. The maximum absolute atomic E-state index is 11.0. The molecule has 1 atom stereocenters. The molecule has 0 aliphatic heterocycles. The zero-order valence-corrected chi connectivity index (χ0v) is 9.75. The van der Waals surface area contributed by atoms with E-state index in [1.54, 1.807) is 0 Å². The monoisotopic (exact) mass is 197 g/mol. The molecule has 1 saturated carbocycles. The van der Waals surface area contributed by atoms with Crippen LogP contribution in [0.3, 0.4) is 0 Å². The van der Waals surface area contributed by atoms with E-state index in [9.17, 15) is 4.79 Å². The minimum Gasteiger partial charge on any atom is -0.303 e. The van der Waals surface area contributed by atoms with E-state index in [2.05, 4.69) is 25.7 Å². The topological polar surface area (TPSA) is 20.3 Å². The highest BCUT2D eigenvalue weighted by Gasteiger charge is 2.33. The summed E-state index contributed by atoms with van der Waals surface area (Å²) >= 11 is 0. The van der Waals surface area contributed by atoms with Gasteiger partial charge < -0.3 is 4.79 Å². The van der Waals surface area contributed by atoms with Crippen LogP contribution >= 0.6 is 0 Å². The maximum Gasteiger partial charge on any atom is 0.127 e. The summed E-state index contributed by atoms with van der Waals surface area (Å²) in [6.07, 6.45) is 5.94. The summed E-state index contributed by atoms with van der Waals surface area (Å²) in [4.78, 5) is 13.5. The summed E-state index contributed by atoms with van der Waals surface area (Å²) in [7, 11) is 0. The lowest BCUT2D eigenvalue weighted by atomic mass is 9.89. The van der Waals surface area contributed by atoms with Crippen molar-refractivity contribution < 1.29 is 4.79 Å². The Bertz CT molecular complexity index is 189.